The molecule has 0 aliphatic heterocycles. The summed E-state index contributed by atoms with van der Waals surface area (Å²) in [6.45, 7) is 4.37. The van der Waals surface area contributed by atoms with Crippen LogP contribution in [0.4, 0.5) is 0 Å². The van der Waals surface area contributed by atoms with E-state index < -0.39 is 0 Å². The highest BCUT2D eigenvalue weighted by Crippen LogP contribution is 2.26. The number of thiazole rings is 1. The Labute approximate surface area is 138 Å². The smallest absolute Gasteiger partial charge is 0.305 e. The van der Waals surface area contributed by atoms with Crippen molar-refractivity contribution in [1.82, 2.24) is 15.3 Å². The largest absolute Gasteiger partial charge is 0.466 e. The molecule has 0 aliphatic rings. The van der Waals surface area contributed by atoms with Gasteiger partial charge in [-0.2, -0.15) is 0 Å². The maximum absolute atomic E-state index is 12.2. The molecule has 1 N–H and O–H groups in total. The van der Waals surface area contributed by atoms with Gasteiger partial charge in [-0.15, -0.1) is 11.3 Å². The maximum Gasteiger partial charge on any atom is 0.305 e. The number of aromatic nitrogens is 2. The van der Waals surface area contributed by atoms with Crippen molar-refractivity contribution in [2.45, 2.75) is 26.7 Å². The lowest BCUT2D eigenvalue weighted by Crippen LogP contribution is -2.24. The first-order valence-corrected chi connectivity index (χ1v) is 8.26. The van der Waals surface area contributed by atoms with Gasteiger partial charge in [0.05, 0.1) is 18.0 Å². The van der Waals surface area contributed by atoms with E-state index in [1.165, 1.54) is 11.3 Å². The molecule has 0 atom stereocenters. The quantitative estimate of drug-likeness (QED) is 0.622. The zero-order valence-corrected chi connectivity index (χ0v) is 14.0. The molecule has 0 radical (unpaired) electrons. The summed E-state index contributed by atoms with van der Waals surface area (Å²) in [5.74, 6) is -0.417. The van der Waals surface area contributed by atoms with Crippen molar-refractivity contribution in [2.24, 2.45) is 0 Å². The summed E-state index contributed by atoms with van der Waals surface area (Å²) >= 11 is 1.32. The molecule has 23 heavy (non-hydrogen) atoms. The summed E-state index contributed by atoms with van der Waals surface area (Å²) in [6.07, 6.45) is 2.55. The van der Waals surface area contributed by atoms with E-state index in [1.54, 1.807) is 20.0 Å². The number of hydrogen-bond donors (Lipinski definition) is 1. The Hall–Kier alpha value is -2.28. The lowest BCUT2D eigenvalue weighted by atomic mass is 10.3. The molecule has 2 aromatic heterocycles. The minimum atomic E-state index is -0.242. The molecule has 2 rings (SSSR count). The van der Waals surface area contributed by atoms with Crippen LogP contribution in [0.2, 0.25) is 0 Å². The number of nitrogens with one attached hydrogen (secondary N) is 1. The van der Waals surface area contributed by atoms with Crippen molar-refractivity contribution < 1.29 is 14.3 Å². The van der Waals surface area contributed by atoms with E-state index in [4.69, 9.17) is 4.74 Å². The molecular formula is C16H19N3O3S. The Kier molecular flexibility index (Phi) is 6.22. The Bertz CT molecular complexity index is 670. The second-order valence-corrected chi connectivity index (χ2v) is 5.81. The molecule has 0 fully saturated rings. The van der Waals surface area contributed by atoms with Crippen LogP contribution in [0.5, 0.6) is 0 Å². The van der Waals surface area contributed by atoms with Crippen LogP contribution in [0.25, 0.3) is 10.7 Å². The fraction of sp³-hybridized carbons (Fsp3) is 0.375. The van der Waals surface area contributed by atoms with E-state index in [2.05, 4.69) is 15.3 Å². The molecule has 122 valence electrons. The molecule has 6 nitrogen and oxygen atoms in total. The van der Waals surface area contributed by atoms with Gasteiger partial charge in [0.1, 0.15) is 9.88 Å². The van der Waals surface area contributed by atoms with Crippen molar-refractivity contribution in [3.8, 4) is 10.7 Å². The third-order valence-corrected chi connectivity index (χ3v) is 4.21. The van der Waals surface area contributed by atoms with Crippen molar-refractivity contribution in [2.75, 3.05) is 13.2 Å². The van der Waals surface area contributed by atoms with Gasteiger partial charge in [-0.1, -0.05) is 6.07 Å². The van der Waals surface area contributed by atoms with Gasteiger partial charge in [0.2, 0.25) is 0 Å². The molecule has 7 heteroatoms. The molecule has 0 spiro atoms. The van der Waals surface area contributed by atoms with Gasteiger partial charge in [0.15, 0.2) is 0 Å². The SMILES string of the molecule is CCOC(=O)CCCNC(=O)c1sc(-c2ccccn2)nc1C. The van der Waals surface area contributed by atoms with E-state index in [0.717, 1.165) is 10.7 Å². The van der Waals surface area contributed by atoms with Crippen molar-refractivity contribution >= 4 is 23.2 Å². The lowest BCUT2D eigenvalue weighted by molar-refractivity contribution is -0.143. The molecule has 1 amide bonds. The van der Waals surface area contributed by atoms with E-state index in [9.17, 15) is 9.59 Å². The monoisotopic (exact) mass is 333 g/mol. The minimum Gasteiger partial charge on any atom is -0.466 e. The van der Waals surface area contributed by atoms with Crippen LogP contribution in [0, 0.1) is 6.92 Å². The molecular weight excluding hydrogens is 314 g/mol. The summed E-state index contributed by atoms with van der Waals surface area (Å²) in [5.41, 5.74) is 1.43. The molecule has 2 aromatic rings. The molecule has 0 aromatic carbocycles. The Morgan fingerprint density at radius 3 is 2.87 bits per heavy atom. The third-order valence-electron chi connectivity index (χ3n) is 3.04. The fourth-order valence-electron chi connectivity index (χ4n) is 1.95. The van der Waals surface area contributed by atoms with Crippen LogP contribution < -0.4 is 5.32 Å². The van der Waals surface area contributed by atoms with Gasteiger partial charge in [0.25, 0.3) is 5.91 Å². The zero-order chi connectivity index (χ0) is 16.7. The Morgan fingerprint density at radius 1 is 1.35 bits per heavy atom. The standard InChI is InChI=1S/C16H19N3O3S/c1-3-22-13(20)8-6-10-18-15(21)14-11(2)19-16(23-14)12-7-4-5-9-17-12/h4-5,7,9H,3,6,8,10H2,1-2H3,(H,18,21). The van der Waals surface area contributed by atoms with Crippen LogP contribution in [0.3, 0.4) is 0 Å². The van der Waals surface area contributed by atoms with Gasteiger partial charge in [0, 0.05) is 19.2 Å². The molecule has 0 bridgehead atoms. The highest BCUT2D eigenvalue weighted by molar-refractivity contribution is 7.17. The topological polar surface area (TPSA) is 81.2 Å². The highest BCUT2D eigenvalue weighted by Gasteiger charge is 2.16. The summed E-state index contributed by atoms with van der Waals surface area (Å²) in [7, 11) is 0. The van der Waals surface area contributed by atoms with E-state index in [-0.39, 0.29) is 11.9 Å². The number of amides is 1. The first-order chi connectivity index (χ1) is 11.1. The van der Waals surface area contributed by atoms with Crippen LogP contribution in [-0.2, 0) is 9.53 Å². The van der Waals surface area contributed by atoms with Crippen LogP contribution in [0.15, 0.2) is 24.4 Å². The van der Waals surface area contributed by atoms with Crippen LogP contribution in [-0.4, -0.2) is 35.0 Å². The number of rotatable bonds is 7. The highest BCUT2D eigenvalue weighted by atomic mass is 32.1. The fourth-order valence-corrected chi connectivity index (χ4v) is 2.91. The van der Waals surface area contributed by atoms with Gasteiger partial charge in [-0.05, 0) is 32.4 Å². The molecule has 0 saturated carbocycles. The van der Waals surface area contributed by atoms with Crippen LogP contribution in [0.1, 0.15) is 35.1 Å². The number of ether oxygens (including phenoxy) is 1. The van der Waals surface area contributed by atoms with Gasteiger partial charge >= 0.3 is 5.97 Å². The average Bonchev–Trinajstić information content (AvgIpc) is 2.94. The van der Waals surface area contributed by atoms with Crippen molar-refractivity contribution in [3.05, 3.63) is 35.0 Å². The number of aryl methyl sites for hydroxylation is 1. The molecule has 2 heterocycles. The predicted molar refractivity (Wildman–Crippen MR) is 88.3 cm³/mol. The predicted octanol–water partition coefficient (Wildman–Crippen LogP) is 2.59. The Morgan fingerprint density at radius 2 is 2.17 bits per heavy atom. The average molecular weight is 333 g/mol. The number of carbonyl (C=O) groups excluding carboxylic acids is 2. The molecule has 0 saturated heterocycles. The van der Waals surface area contributed by atoms with E-state index in [1.807, 2.05) is 18.2 Å². The number of pyridine rings is 1. The Balaban J connectivity index is 1.90. The summed E-state index contributed by atoms with van der Waals surface area (Å²) in [6, 6.07) is 5.58. The van der Waals surface area contributed by atoms with Crippen molar-refractivity contribution in [3.63, 3.8) is 0 Å². The van der Waals surface area contributed by atoms with Crippen molar-refractivity contribution in [1.29, 1.82) is 0 Å². The van der Waals surface area contributed by atoms with Gasteiger partial charge < -0.3 is 10.1 Å². The minimum absolute atomic E-state index is 0.175. The first-order valence-electron chi connectivity index (χ1n) is 7.44. The molecule has 0 unspecified atom stereocenters. The number of nitrogens with zero attached hydrogens (tertiary/aromatic N) is 2. The first kappa shape index (κ1) is 17.1. The van der Waals surface area contributed by atoms with E-state index >= 15 is 0 Å². The van der Waals surface area contributed by atoms with E-state index in [0.29, 0.717) is 36.6 Å². The maximum atomic E-state index is 12.2. The summed E-state index contributed by atoms with van der Waals surface area (Å²) in [4.78, 5) is 32.6. The number of carbonyl (C=O) groups is 2. The summed E-state index contributed by atoms with van der Waals surface area (Å²) < 4.78 is 4.84. The number of esters is 1. The van der Waals surface area contributed by atoms with Gasteiger partial charge in [-0.3, -0.25) is 14.6 Å². The zero-order valence-electron chi connectivity index (χ0n) is 13.2. The number of hydrogen-bond acceptors (Lipinski definition) is 6. The van der Waals surface area contributed by atoms with Crippen LogP contribution >= 0.6 is 11.3 Å². The summed E-state index contributed by atoms with van der Waals surface area (Å²) in [5, 5.41) is 3.53. The normalized spacial score (nSPS) is 10.3. The molecule has 0 aliphatic carbocycles. The second kappa shape index (κ2) is 8.38. The second-order valence-electron chi connectivity index (χ2n) is 4.81. The van der Waals surface area contributed by atoms with Gasteiger partial charge in [-0.25, -0.2) is 4.98 Å². The lowest BCUT2D eigenvalue weighted by Gasteiger charge is -2.04. The third kappa shape index (κ3) is 4.85.